The van der Waals surface area contributed by atoms with Crippen LogP contribution in [0.5, 0.6) is 0 Å². The van der Waals surface area contributed by atoms with Crippen LogP contribution in [0.25, 0.3) is 0 Å². The van der Waals surface area contributed by atoms with E-state index < -0.39 is 0 Å². The van der Waals surface area contributed by atoms with E-state index in [9.17, 15) is 9.59 Å². The van der Waals surface area contributed by atoms with Crippen LogP contribution in [0.4, 0.5) is 11.4 Å². The Kier molecular flexibility index (Phi) is 5.26. The molecule has 3 rings (SSSR count). The van der Waals surface area contributed by atoms with Gasteiger partial charge in [-0.15, -0.1) is 0 Å². The molecule has 5 heteroatoms. The van der Waals surface area contributed by atoms with Crippen molar-refractivity contribution in [3.8, 4) is 0 Å². The van der Waals surface area contributed by atoms with Crippen molar-refractivity contribution in [3.05, 3.63) is 84.2 Å². The number of nitrogens with one attached hydrogen (secondary N) is 3. The number of carbonyl (C=O) groups excluding carboxylic acids is 2. The number of aromatic amines is 1. The number of amides is 2. The zero-order valence-corrected chi connectivity index (χ0v) is 13.7. The van der Waals surface area contributed by atoms with E-state index in [1.54, 1.807) is 42.7 Å². The van der Waals surface area contributed by atoms with Gasteiger partial charge in [0, 0.05) is 30.2 Å². The van der Waals surface area contributed by atoms with E-state index in [2.05, 4.69) is 15.6 Å². The number of aryl methyl sites for hydroxylation is 1. The maximum atomic E-state index is 12.0. The van der Waals surface area contributed by atoms with Gasteiger partial charge in [-0.05, 0) is 42.3 Å². The van der Waals surface area contributed by atoms with E-state index in [4.69, 9.17) is 0 Å². The monoisotopic (exact) mass is 333 g/mol. The first-order valence-electron chi connectivity index (χ1n) is 8.09. The molecule has 126 valence electrons. The summed E-state index contributed by atoms with van der Waals surface area (Å²) in [5.41, 5.74) is 3.09. The third-order valence-corrected chi connectivity index (χ3v) is 3.77. The lowest BCUT2D eigenvalue weighted by molar-refractivity contribution is -0.116. The van der Waals surface area contributed by atoms with Crippen molar-refractivity contribution in [1.82, 2.24) is 4.98 Å². The van der Waals surface area contributed by atoms with Gasteiger partial charge in [-0.25, -0.2) is 0 Å². The molecule has 2 amide bonds. The van der Waals surface area contributed by atoms with Crippen molar-refractivity contribution in [3.63, 3.8) is 0 Å². The highest BCUT2D eigenvalue weighted by Gasteiger charge is 2.07. The molecule has 0 bridgehead atoms. The quantitative estimate of drug-likeness (QED) is 0.641. The molecule has 0 spiro atoms. The number of benzene rings is 2. The Bertz CT molecular complexity index is 825. The minimum Gasteiger partial charge on any atom is -0.367 e. The lowest BCUT2D eigenvalue weighted by Crippen LogP contribution is -2.13. The Morgan fingerprint density at radius 1 is 0.840 bits per heavy atom. The van der Waals surface area contributed by atoms with Gasteiger partial charge in [-0.3, -0.25) is 9.59 Å². The van der Waals surface area contributed by atoms with Gasteiger partial charge in [0.25, 0.3) is 5.91 Å². The molecule has 1 aromatic heterocycles. The minimum atomic E-state index is -0.180. The van der Waals surface area contributed by atoms with Crippen molar-refractivity contribution < 1.29 is 9.59 Å². The summed E-state index contributed by atoms with van der Waals surface area (Å²) in [7, 11) is 0. The van der Waals surface area contributed by atoms with E-state index in [1.807, 2.05) is 30.3 Å². The average Bonchev–Trinajstić information content (AvgIpc) is 3.17. The molecule has 0 radical (unpaired) electrons. The molecule has 0 aliphatic heterocycles. The van der Waals surface area contributed by atoms with Gasteiger partial charge in [0.1, 0.15) is 0 Å². The van der Waals surface area contributed by atoms with Gasteiger partial charge in [-0.2, -0.15) is 0 Å². The van der Waals surface area contributed by atoms with Crippen LogP contribution in [0.2, 0.25) is 0 Å². The molecule has 0 atom stereocenters. The Labute approximate surface area is 146 Å². The number of rotatable bonds is 6. The van der Waals surface area contributed by atoms with Crippen LogP contribution in [-0.2, 0) is 11.2 Å². The molecular formula is C20H19N3O2. The molecule has 0 saturated carbocycles. The molecule has 0 aliphatic carbocycles. The van der Waals surface area contributed by atoms with Crippen molar-refractivity contribution >= 4 is 23.2 Å². The highest BCUT2D eigenvalue weighted by molar-refractivity contribution is 6.04. The number of H-pyrrole nitrogens is 1. The van der Waals surface area contributed by atoms with Gasteiger partial charge >= 0.3 is 0 Å². The topological polar surface area (TPSA) is 74.0 Å². The molecule has 0 aliphatic rings. The average molecular weight is 333 g/mol. The summed E-state index contributed by atoms with van der Waals surface area (Å²) < 4.78 is 0. The standard InChI is InChI=1S/C20H19N3O2/c24-19(11-6-15-4-2-1-3-5-15)22-17-7-9-18(10-8-17)23-20(25)16-12-13-21-14-16/h1-5,7-10,12-14,21H,6,11H2,(H,22,24)(H,23,25). The Balaban J connectivity index is 1.50. The zero-order chi connectivity index (χ0) is 17.5. The SMILES string of the molecule is O=C(CCc1ccccc1)Nc1ccc(NC(=O)c2cc[nH]c2)cc1. The lowest BCUT2D eigenvalue weighted by atomic mass is 10.1. The molecule has 3 aromatic rings. The maximum absolute atomic E-state index is 12.0. The molecule has 25 heavy (non-hydrogen) atoms. The predicted octanol–water partition coefficient (Wildman–Crippen LogP) is 3.84. The number of anilines is 2. The highest BCUT2D eigenvalue weighted by atomic mass is 16.2. The molecule has 5 nitrogen and oxygen atoms in total. The highest BCUT2D eigenvalue weighted by Crippen LogP contribution is 2.15. The van der Waals surface area contributed by atoms with Crippen LogP contribution in [0, 0.1) is 0 Å². The van der Waals surface area contributed by atoms with E-state index >= 15 is 0 Å². The second kappa shape index (κ2) is 7.97. The summed E-state index contributed by atoms with van der Waals surface area (Å²) in [6.07, 6.45) is 4.47. The van der Waals surface area contributed by atoms with Gasteiger partial charge < -0.3 is 15.6 Å². The maximum Gasteiger partial charge on any atom is 0.257 e. The van der Waals surface area contributed by atoms with E-state index in [1.165, 1.54) is 0 Å². The van der Waals surface area contributed by atoms with Gasteiger partial charge in [0.2, 0.25) is 5.91 Å². The largest absolute Gasteiger partial charge is 0.367 e. The summed E-state index contributed by atoms with van der Waals surface area (Å²) in [6, 6.07) is 18.7. The summed E-state index contributed by atoms with van der Waals surface area (Å²) in [6.45, 7) is 0. The first-order chi connectivity index (χ1) is 12.2. The van der Waals surface area contributed by atoms with Crippen molar-refractivity contribution in [1.29, 1.82) is 0 Å². The fourth-order valence-corrected chi connectivity index (χ4v) is 2.43. The number of carbonyl (C=O) groups is 2. The van der Waals surface area contributed by atoms with Crippen LogP contribution in [0.15, 0.2) is 73.1 Å². The summed E-state index contributed by atoms with van der Waals surface area (Å²) in [5.74, 6) is -0.214. The van der Waals surface area contributed by atoms with E-state index in [-0.39, 0.29) is 11.8 Å². The van der Waals surface area contributed by atoms with Crippen LogP contribution in [-0.4, -0.2) is 16.8 Å². The Morgan fingerprint density at radius 2 is 1.52 bits per heavy atom. The third kappa shape index (κ3) is 4.81. The van der Waals surface area contributed by atoms with E-state index in [0.717, 1.165) is 5.56 Å². The van der Waals surface area contributed by atoms with Crippen LogP contribution >= 0.6 is 0 Å². The fourth-order valence-electron chi connectivity index (χ4n) is 2.43. The summed E-state index contributed by atoms with van der Waals surface area (Å²) in [4.78, 5) is 26.8. The lowest BCUT2D eigenvalue weighted by Gasteiger charge is -2.08. The molecule has 0 fully saturated rings. The molecule has 1 heterocycles. The normalized spacial score (nSPS) is 10.2. The number of hydrogen-bond donors (Lipinski definition) is 3. The van der Waals surface area contributed by atoms with Crippen molar-refractivity contribution in [2.75, 3.05) is 10.6 Å². The molecular weight excluding hydrogens is 314 g/mol. The van der Waals surface area contributed by atoms with Crippen LogP contribution < -0.4 is 10.6 Å². The summed E-state index contributed by atoms with van der Waals surface area (Å²) >= 11 is 0. The Hall–Kier alpha value is -3.34. The first-order valence-corrected chi connectivity index (χ1v) is 8.09. The van der Waals surface area contributed by atoms with Crippen molar-refractivity contribution in [2.24, 2.45) is 0 Å². The van der Waals surface area contributed by atoms with Crippen molar-refractivity contribution in [2.45, 2.75) is 12.8 Å². The van der Waals surface area contributed by atoms with Gasteiger partial charge in [0.05, 0.1) is 5.56 Å². The third-order valence-electron chi connectivity index (χ3n) is 3.77. The van der Waals surface area contributed by atoms with Gasteiger partial charge in [0.15, 0.2) is 0 Å². The zero-order valence-electron chi connectivity index (χ0n) is 13.7. The van der Waals surface area contributed by atoms with Crippen LogP contribution in [0.3, 0.4) is 0 Å². The Morgan fingerprint density at radius 3 is 2.16 bits per heavy atom. The summed E-state index contributed by atoms with van der Waals surface area (Å²) in [5, 5.41) is 5.66. The second-order valence-electron chi connectivity index (χ2n) is 5.66. The predicted molar refractivity (Wildman–Crippen MR) is 98.6 cm³/mol. The minimum absolute atomic E-state index is 0.0343. The second-order valence-corrected chi connectivity index (χ2v) is 5.66. The fraction of sp³-hybridized carbons (Fsp3) is 0.100. The van der Waals surface area contributed by atoms with Gasteiger partial charge in [-0.1, -0.05) is 30.3 Å². The first kappa shape index (κ1) is 16.5. The molecule has 3 N–H and O–H groups in total. The number of hydrogen-bond acceptors (Lipinski definition) is 2. The van der Waals surface area contributed by atoms with E-state index in [0.29, 0.717) is 29.8 Å². The molecule has 0 saturated heterocycles. The van der Waals surface area contributed by atoms with Crippen LogP contribution in [0.1, 0.15) is 22.3 Å². The number of aromatic nitrogens is 1. The molecule has 0 unspecified atom stereocenters. The smallest absolute Gasteiger partial charge is 0.257 e. The molecule has 2 aromatic carbocycles.